The summed E-state index contributed by atoms with van der Waals surface area (Å²) in [5.74, 6) is 0.116. The second-order valence-corrected chi connectivity index (χ2v) is 5.01. The molecule has 3 atom stereocenters. The molecule has 0 bridgehead atoms. The third-order valence-corrected chi connectivity index (χ3v) is 3.73. The van der Waals surface area contributed by atoms with Crippen LogP contribution < -0.4 is 0 Å². The summed E-state index contributed by atoms with van der Waals surface area (Å²) in [6, 6.07) is 8.00. The first kappa shape index (κ1) is 13.1. The summed E-state index contributed by atoms with van der Waals surface area (Å²) in [4.78, 5) is 3.18. The van der Waals surface area contributed by atoms with Crippen molar-refractivity contribution in [2.45, 2.75) is 38.9 Å². The molecule has 2 aromatic rings. The van der Waals surface area contributed by atoms with E-state index in [1.54, 1.807) is 0 Å². The SMILES string of the molecule is CCC(C)C(O)C(O)Cc1c[nH]c2ccccc12. The van der Waals surface area contributed by atoms with Gasteiger partial charge in [-0.3, -0.25) is 0 Å². The maximum Gasteiger partial charge on any atom is 0.0842 e. The second kappa shape index (κ2) is 5.55. The van der Waals surface area contributed by atoms with Gasteiger partial charge < -0.3 is 15.2 Å². The average Bonchev–Trinajstić information content (AvgIpc) is 2.80. The van der Waals surface area contributed by atoms with E-state index in [9.17, 15) is 10.2 Å². The highest BCUT2D eigenvalue weighted by Crippen LogP contribution is 2.21. The lowest BCUT2D eigenvalue weighted by molar-refractivity contribution is -0.0126. The van der Waals surface area contributed by atoms with Crippen LogP contribution in [-0.4, -0.2) is 27.4 Å². The first-order valence-corrected chi connectivity index (χ1v) is 6.54. The molecule has 0 saturated carbocycles. The smallest absolute Gasteiger partial charge is 0.0842 e. The Bertz CT molecular complexity index is 506. The van der Waals surface area contributed by atoms with Gasteiger partial charge >= 0.3 is 0 Å². The predicted molar refractivity (Wildman–Crippen MR) is 73.5 cm³/mol. The zero-order chi connectivity index (χ0) is 13.1. The predicted octanol–water partition coefficient (Wildman–Crippen LogP) is 2.48. The Kier molecular flexibility index (Phi) is 4.04. The summed E-state index contributed by atoms with van der Waals surface area (Å²) < 4.78 is 0. The zero-order valence-corrected chi connectivity index (χ0v) is 10.9. The Morgan fingerprint density at radius 2 is 1.94 bits per heavy atom. The molecule has 18 heavy (non-hydrogen) atoms. The van der Waals surface area contributed by atoms with Crippen molar-refractivity contribution in [3.05, 3.63) is 36.0 Å². The summed E-state index contributed by atoms with van der Waals surface area (Å²) in [6.07, 6.45) is 1.89. The molecule has 3 N–H and O–H groups in total. The first-order chi connectivity index (χ1) is 8.63. The number of aliphatic hydroxyl groups is 2. The monoisotopic (exact) mass is 247 g/mol. The molecule has 2 rings (SSSR count). The normalized spacial score (nSPS) is 16.7. The molecule has 3 heteroatoms. The number of hydrogen-bond acceptors (Lipinski definition) is 2. The van der Waals surface area contributed by atoms with Crippen molar-refractivity contribution < 1.29 is 10.2 Å². The Hall–Kier alpha value is -1.32. The van der Waals surface area contributed by atoms with Crippen molar-refractivity contribution in [3.8, 4) is 0 Å². The highest BCUT2D eigenvalue weighted by Gasteiger charge is 2.22. The van der Waals surface area contributed by atoms with Gasteiger partial charge in [0.25, 0.3) is 0 Å². The Morgan fingerprint density at radius 1 is 1.22 bits per heavy atom. The van der Waals surface area contributed by atoms with E-state index in [-0.39, 0.29) is 5.92 Å². The lowest BCUT2D eigenvalue weighted by atomic mass is 9.93. The summed E-state index contributed by atoms with van der Waals surface area (Å²) in [5, 5.41) is 21.2. The number of aromatic amines is 1. The van der Waals surface area contributed by atoms with Crippen molar-refractivity contribution in [2.75, 3.05) is 0 Å². The number of aliphatic hydroxyl groups excluding tert-OH is 2. The van der Waals surface area contributed by atoms with Crippen LogP contribution >= 0.6 is 0 Å². The highest BCUT2D eigenvalue weighted by molar-refractivity contribution is 5.83. The number of fused-ring (bicyclic) bond motifs is 1. The molecular weight excluding hydrogens is 226 g/mol. The standard InChI is InChI=1S/C15H21NO2/c1-3-10(2)15(18)14(17)8-11-9-16-13-7-5-4-6-12(11)13/h4-7,9-10,14-18H,3,8H2,1-2H3. The molecule has 98 valence electrons. The van der Waals surface area contributed by atoms with Crippen LogP contribution in [0.3, 0.4) is 0 Å². The molecule has 3 nitrogen and oxygen atoms in total. The second-order valence-electron chi connectivity index (χ2n) is 5.01. The van der Waals surface area contributed by atoms with E-state index in [2.05, 4.69) is 4.98 Å². The molecule has 0 amide bonds. The van der Waals surface area contributed by atoms with Gasteiger partial charge in [0.15, 0.2) is 0 Å². The molecule has 0 fully saturated rings. The quantitative estimate of drug-likeness (QED) is 0.760. The average molecular weight is 247 g/mol. The Labute approximate surface area is 107 Å². The maximum atomic E-state index is 10.1. The summed E-state index contributed by atoms with van der Waals surface area (Å²) in [7, 11) is 0. The number of aromatic nitrogens is 1. The zero-order valence-electron chi connectivity index (χ0n) is 10.9. The lowest BCUT2D eigenvalue weighted by Crippen LogP contribution is -2.33. The fourth-order valence-electron chi connectivity index (χ4n) is 2.27. The van der Waals surface area contributed by atoms with Crippen LogP contribution in [-0.2, 0) is 6.42 Å². The molecule has 0 aliphatic carbocycles. The van der Waals surface area contributed by atoms with E-state index in [0.717, 1.165) is 22.9 Å². The van der Waals surface area contributed by atoms with Crippen LogP contribution in [0, 0.1) is 5.92 Å². The maximum absolute atomic E-state index is 10.1. The lowest BCUT2D eigenvalue weighted by Gasteiger charge is -2.22. The van der Waals surface area contributed by atoms with Crippen molar-refractivity contribution in [1.82, 2.24) is 4.98 Å². The van der Waals surface area contributed by atoms with Crippen LogP contribution in [0.5, 0.6) is 0 Å². The summed E-state index contributed by atoms with van der Waals surface area (Å²) >= 11 is 0. The molecule has 1 aromatic carbocycles. The van der Waals surface area contributed by atoms with Crippen molar-refractivity contribution >= 4 is 10.9 Å². The molecule has 0 aliphatic rings. The first-order valence-electron chi connectivity index (χ1n) is 6.54. The van der Waals surface area contributed by atoms with Gasteiger partial charge in [-0.05, 0) is 17.5 Å². The molecular formula is C15H21NO2. The van der Waals surface area contributed by atoms with Gasteiger partial charge in [0, 0.05) is 23.5 Å². The fraction of sp³-hybridized carbons (Fsp3) is 0.467. The van der Waals surface area contributed by atoms with Gasteiger partial charge in [0.05, 0.1) is 12.2 Å². The number of para-hydroxylation sites is 1. The minimum Gasteiger partial charge on any atom is -0.390 e. The van der Waals surface area contributed by atoms with Crippen LogP contribution in [0.1, 0.15) is 25.8 Å². The summed E-state index contributed by atoms with van der Waals surface area (Å²) in [6.45, 7) is 3.98. The Balaban J connectivity index is 2.14. The van der Waals surface area contributed by atoms with Gasteiger partial charge in [-0.2, -0.15) is 0 Å². The van der Waals surface area contributed by atoms with Crippen LogP contribution in [0.15, 0.2) is 30.5 Å². The number of rotatable bonds is 5. The Morgan fingerprint density at radius 3 is 2.67 bits per heavy atom. The van der Waals surface area contributed by atoms with E-state index < -0.39 is 12.2 Å². The minimum absolute atomic E-state index is 0.116. The van der Waals surface area contributed by atoms with Crippen molar-refractivity contribution in [3.63, 3.8) is 0 Å². The van der Waals surface area contributed by atoms with Crippen LogP contribution in [0.4, 0.5) is 0 Å². The fourth-order valence-corrected chi connectivity index (χ4v) is 2.27. The largest absolute Gasteiger partial charge is 0.390 e. The molecule has 1 heterocycles. The number of H-pyrrole nitrogens is 1. The third-order valence-electron chi connectivity index (χ3n) is 3.73. The number of hydrogen-bond donors (Lipinski definition) is 3. The van der Waals surface area contributed by atoms with Gasteiger partial charge in [0.2, 0.25) is 0 Å². The molecule has 0 radical (unpaired) electrons. The third kappa shape index (κ3) is 2.57. The molecule has 1 aromatic heterocycles. The van der Waals surface area contributed by atoms with Crippen LogP contribution in [0.2, 0.25) is 0 Å². The molecule has 0 spiro atoms. The topological polar surface area (TPSA) is 56.2 Å². The van der Waals surface area contributed by atoms with E-state index >= 15 is 0 Å². The molecule has 0 aliphatic heterocycles. The van der Waals surface area contributed by atoms with Crippen molar-refractivity contribution in [2.24, 2.45) is 5.92 Å². The molecule has 0 saturated heterocycles. The highest BCUT2D eigenvalue weighted by atomic mass is 16.3. The summed E-state index contributed by atoms with van der Waals surface area (Å²) in [5.41, 5.74) is 2.12. The van der Waals surface area contributed by atoms with Gasteiger partial charge in [-0.25, -0.2) is 0 Å². The van der Waals surface area contributed by atoms with Gasteiger partial charge in [0.1, 0.15) is 0 Å². The van der Waals surface area contributed by atoms with Crippen molar-refractivity contribution in [1.29, 1.82) is 0 Å². The van der Waals surface area contributed by atoms with Gasteiger partial charge in [-0.15, -0.1) is 0 Å². The minimum atomic E-state index is -0.709. The van der Waals surface area contributed by atoms with E-state index in [1.807, 2.05) is 44.3 Å². The van der Waals surface area contributed by atoms with E-state index in [4.69, 9.17) is 0 Å². The van der Waals surface area contributed by atoms with E-state index in [1.165, 1.54) is 0 Å². The van der Waals surface area contributed by atoms with Crippen LogP contribution in [0.25, 0.3) is 10.9 Å². The number of nitrogens with one attached hydrogen (secondary N) is 1. The van der Waals surface area contributed by atoms with Gasteiger partial charge in [-0.1, -0.05) is 38.5 Å². The van der Waals surface area contributed by atoms with E-state index in [0.29, 0.717) is 6.42 Å². The molecule has 3 unspecified atom stereocenters. The number of benzene rings is 1.